The van der Waals surface area contributed by atoms with Gasteiger partial charge in [0.25, 0.3) is 0 Å². The Morgan fingerprint density at radius 3 is 0.682 bits per heavy atom. The highest BCUT2D eigenvalue weighted by atomic mass is 32.2. The van der Waals surface area contributed by atoms with Crippen molar-refractivity contribution in [2.75, 3.05) is 0 Å². The Labute approximate surface area is 120 Å². The van der Waals surface area contributed by atoms with Crippen molar-refractivity contribution in [3.63, 3.8) is 0 Å². The molecule has 0 heterocycles. The first-order chi connectivity index (χ1) is 9.50. The van der Waals surface area contributed by atoms with Crippen LogP contribution in [-0.4, -0.2) is 37.0 Å². The van der Waals surface area contributed by atoms with Gasteiger partial charge >= 0.3 is 31.3 Å². The summed E-state index contributed by atoms with van der Waals surface area (Å²) in [6, 6.07) is 12.0. The molecule has 0 aliphatic rings. The summed E-state index contributed by atoms with van der Waals surface area (Å²) in [5, 5.41) is 0. The van der Waals surface area contributed by atoms with E-state index < -0.39 is 31.3 Å². The van der Waals surface area contributed by atoms with Crippen LogP contribution in [0.1, 0.15) is 0 Å². The van der Waals surface area contributed by atoms with E-state index >= 15 is 0 Å². The van der Waals surface area contributed by atoms with Gasteiger partial charge in [0.1, 0.15) is 0 Å². The van der Waals surface area contributed by atoms with Crippen LogP contribution in [0.25, 0.3) is 0 Å². The van der Waals surface area contributed by atoms with Gasteiger partial charge in [-0.05, 0) is 0 Å². The lowest BCUT2D eigenvalue weighted by Gasteiger charge is -1.97. The second-order valence-corrected chi connectivity index (χ2v) is 5.82. The summed E-state index contributed by atoms with van der Waals surface area (Å²) >= 11 is 0. The van der Waals surface area contributed by atoms with E-state index in [0.717, 1.165) is 0 Å². The maximum Gasteiger partial charge on any atom is 0.522 e. The van der Waals surface area contributed by atoms with E-state index in [4.69, 9.17) is 25.9 Å². The third-order valence-corrected chi connectivity index (χ3v) is 2.42. The first-order valence-electron chi connectivity index (χ1n) is 4.57. The SMILES string of the molecule is O=S(=O)(O)C(F)(F)F.O=S(=O)(O)C(F)(F)F.c1ccccc1. The van der Waals surface area contributed by atoms with Gasteiger partial charge in [-0.3, -0.25) is 9.11 Å². The molecule has 0 radical (unpaired) electrons. The monoisotopic (exact) mass is 378 g/mol. The number of benzene rings is 1. The maximum atomic E-state index is 10.7. The lowest BCUT2D eigenvalue weighted by Crippen LogP contribution is -2.21. The van der Waals surface area contributed by atoms with Gasteiger partial charge in [0.05, 0.1) is 0 Å². The van der Waals surface area contributed by atoms with Crippen LogP contribution < -0.4 is 0 Å². The molecule has 0 bridgehead atoms. The van der Waals surface area contributed by atoms with Gasteiger partial charge in [-0.1, -0.05) is 36.4 Å². The fraction of sp³-hybridized carbons (Fsp3) is 0.250. The van der Waals surface area contributed by atoms with E-state index in [1.165, 1.54) is 0 Å². The van der Waals surface area contributed by atoms with Crippen molar-refractivity contribution < 1.29 is 52.3 Å². The van der Waals surface area contributed by atoms with Gasteiger partial charge in [0, 0.05) is 0 Å². The first-order valence-corrected chi connectivity index (χ1v) is 7.45. The Hall–Kier alpha value is -1.38. The van der Waals surface area contributed by atoms with Crippen LogP contribution in [0.4, 0.5) is 26.3 Å². The minimum absolute atomic E-state index is 2.00. The largest absolute Gasteiger partial charge is 0.522 e. The molecule has 22 heavy (non-hydrogen) atoms. The minimum atomic E-state index is -5.84. The molecular weight excluding hydrogens is 370 g/mol. The molecule has 0 spiro atoms. The molecule has 14 heteroatoms. The fourth-order valence-electron chi connectivity index (χ4n) is 0.385. The number of halogens is 6. The third kappa shape index (κ3) is 11.3. The van der Waals surface area contributed by atoms with Crippen molar-refractivity contribution in [1.82, 2.24) is 0 Å². The smallest absolute Gasteiger partial charge is 0.279 e. The molecule has 1 aromatic rings. The second kappa shape index (κ2) is 8.30. The maximum absolute atomic E-state index is 10.7. The number of hydrogen-bond donors (Lipinski definition) is 2. The standard InChI is InChI=1S/C6H6.2CHF3O3S/c1-2-4-6-5-3-1;2*2-1(3,4)8(5,6)7/h1-6H;2*(H,5,6,7). The second-order valence-electron chi connectivity index (χ2n) is 3.00. The fourth-order valence-corrected chi connectivity index (χ4v) is 0.385. The summed E-state index contributed by atoms with van der Waals surface area (Å²) < 4.78 is 115. The molecule has 0 saturated carbocycles. The van der Waals surface area contributed by atoms with Crippen molar-refractivity contribution in [2.24, 2.45) is 0 Å². The number of alkyl halides is 6. The molecule has 0 amide bonds. The van der Waals surface area contributed by atoms with E-state index in [1.807, 2.05) is 36.4 Å². The van der Waals surface area contributed by atoms with Crippen molar-refractivity contribution in [3.8, 4) is 0 Å². The van der Waals surface area contributed by atoms with Crippen LogP contribution in [0.2, 0.25) is 0 Å². The summed E-state index contributed by atoms with van der Waals surface area (Å²) in [5.41, 5.74) is -11.1. The Bertz CT molecular complexity index is 551. The van der Waals surface area contributed by atoms with E-state index in [9.17, 15) is 26.3 Å². The predicted molar refractivity (Wildman–Crippen MR) is 61.6 cm³/mol. The quantitative estimate of drug-likeness (QED) is 0.408. The average molecular weight is 378 g/mol. The summed E-state index contributed by atoms with van der Waals surface area (Å²) in [5.74, 6) is 0. The van der Waals surface area contributed by atoms with Crippen LogP contribution >= 0.6 is 0 Å². The van der Waals surface area contributed by atoms with E-state index in [2.05, 4.69) is 0 Å². The van der Waals surface area contributed by atoms with Crippen molar-refractivity contribution in [3.05, 3.63) is 36.4 Å². The first kappa shape index (κ1) is 22.9. The molecule has 0 unspecified atom stereocenters. The van der Waals surface area contributed by atoms with Gasteiger partial charge in [0.2, 0.25) is 0 Å². The summed E-state index contributed by atoms with van der Waals surface area (Å²) in [6.07, 6.45) is 0. The predicted octanol–water partition coefficient (Wildman–Crippen LogP) is 2.47. The lowest BCUT2D eigenvalue weighted by molar-refractivity contribution is -0.0514. The molecule has 0 saturated heterocycles. The molecule has 0 atom stereocenters. The van der Waals surface area contributed by atoms with Crippen LogP contribution in [0.3, 0.4) is 0 Å². The molecule has 1 aromatic carbocycles. The number of hydrogen-bond acceptors (Lipinski definition) is 4. The highest BCUT2D eigenvalue weighted by Gasteiger charge is 2.45. The third-order valence-electron chi connectivity index (χ3n) is 1.25. The normalized spacial score (nSPS) is 12.4. The molecule has 0 aliphatic heterocycles. The highest BCUT2D eigenvalue weighted by molar-refractivity contribution is 7.86. The molecule has 0 aromatic heterocycles. The van der Waals surface area contributed by atoms with Gasteiger partial charge in [-0.15, -0.1) is 0 Å². The van der Waals surface area contributed by atoms with Crippen molar-refractivity contribution in [1.29, 1.82) is 0 Å². The lowest BCUT2D eigenvalue weighted by atomic mass is 10.4. The molecule has 6 nitrogen and oxygen atoms in total. The van der Waals surface area contributed by atoms with Crippen molar-refractivity contribution in [2.45, 2.75) is 11.0 Å². The summed E-state index contributed by atoms with van der Waals surface area (Å²) in [6.45, 7) is 0. The zero-order valence-corrected chi connectivity index (χ0v) is 11.7. The van der Waals surface area contributed by atoms with Gasteiger partial charge in [-0.25, -0.2) is 0 Å². The van der Waals surface area contributed by atoms with Crippen LogP contribution in [0.15, 0.2) is 36.4 Å². The van der Waals surface area contributed by atoms with Gasteiger partial charge in [0.15, 0.2) is 0 Å². The minimum Gasteiger partial charge on any atom is -0.279 e. The Kier molecular flexibility index (Phi) is 8.64. The van der Waals surface area contributed by atoms with E-state index in [1.54, 1.807) is 0 Å². The van der Waals surface area contributed by atoms with E-state index in [-0.39, 0.29) is 0 Å². The topological polar surface area (TPSA) is 109 Å². The molecule has 0 fully saturated rings. The average Bonchev–Trinajstić information content (AvgIpc) is 2.27. The zero-order valence-electron chi connectivity index (χ0n) is 10.1. The Balaban J connectivity index is 0. The van der Waals surface area contributed by atoms with Crippen LogP contribution in [-0.2, 0) is 20.2 Å². The van der Waals surface area contributed by atoms with Crippen molar-refractivity contribution >= 4 is 20.2 Å². The Morgan fingerprint density at radius 2 is 0.636 bits per heavy atom. The van der Waals surface area contributed by atoms with Crippen LogP contribution in [0.5, 0.6) is 0 Å². The molecule has 0 aliphatic carbocycles. The summed E-state index contributed by atoms with van der Waals surface area (Å²) in [7, 11) is -11.7. The highest BCUT2D eigenvalue weighted by Crippen LogP contribution is 2.21. The molecular formula is C8H8F6O6S2. The number of rotatable bonds is 0. The Morgan fingerprint density at radius 1 is 0.545 bits per heavy atom. The van der Waals surface area contributed by atoms with Gasteiger partial charge in [-0.2, -0.15) is 43.2 Å². The zero-order chi connectivity index (χ0) is 18.2. The van der Waals surface area contributed by atoms with E-state index in [0.29, 0.717) is 0 Å². The molecule has 2 N–H and O–H groups in total. The van der Waals surface area contributed by atoms with Crippen LogP contribution in [0, 0.1) is 0 Å². The molecule has 1 rings (SSSR count). The molecule has 130 valence electrons. The van der Waals surface area contributed by atoms with Gasteiger partial charge < -0.3 is 0 Å². The summed E-state index contributed by atoms with van der Waals surface area (Å²) in [4.78, 5) is 0.